The Balaban J connectivity index is 1.59. The Kier molecular flexibility index (Phi) is 2.98. The predicted molar refractivity (Wildman–Crippen MR) is 105 cm³/mol. The maximum absolute atomic E-state index is 13.7. The number of carbonyl (C=O) groups is 1. The van der Waals surface area contributed by atoms with Gasteiger partial charge in [-0.15, -0.1) is 11.6 Å². The van der Waals surface area contributed by atoms with Gasteiger partial charge in [0.25, 0.3) is 0 Å². The van der Waals surface area contributed by atoms with E-state index in [2.05, 4.69) is 37.3 Å². The van der Waals surface area contributed by atoms with Crippen molar-refractivity contribution in [3.63, 3.8) is 0 Å². The van der Waals surface area contributed by atoms with Crippen LogP contribution in [-0.4, -0.2) is 10.7 Å². The third kappa shape index (κ3) is 1.71. The largest absolute Gasteiger partial charge is 0.294 e. The van der Waals surface area contributed by atoms with E-state index in [0.717, 1.165) is 31.2 Å². The lowest BCUT2D eigenvalue weighted by Crippen LogP contribution is -2.33. The molecule has 2 saturated carbocycles. The summed E-state index contributed by atoms with van der Waals surface area (Å²) in [5.74, 6) is 1.29. The summed E-state index contributed by atoms with van der Waals surface area (Å²) in [6, 6.07) is 11.0. The van der Waals surface area contributed by atoms with Crippen LogP contribution in [0.4, 0.5) is 0 Å². The van der Waals surface area contributed by atoms with Gasteiger partial charge in [0.05, 0.1) is 4.87 Å². The molecule has 4 atom stereocenters. The molecule has 26 heavy (non-hydrogen) atoms. The number of Topliss-reactive ketones (excluding diaryl/α,β-unsaturated/α-hetero) is 1. The van der Waals surface area contributed by atoms with Gasteiger partial charge in [-0.3, -0.25) is 4.79 Å². The average molecular weight is 363 g/mol. The summed E-state index contributed by atoms with van der Waals surface area (Å²) >= 11 is 7.15. The lowest BCUT2D eigenvalue weighted by atomic mass is 9.79. The molecule has 0 radical (unpaired) electrons. The van der Waals surface area contributed by atoms with E-state index in [-0.39, 0.29) is 10.8 Å². The van der Waals surface area contributed by atoms with E-state index in [1.807, 2.05) is 0 Å². The van der Waals surface area contributed by atoms with Crippen molar-refractivity contribution in [1.82, 2.24) is 0 Å². The first-order chi connectivity index (χ1) is 12.6. The Morgan fingerprint density at radius 3 is 2.88 bits per heavy atom. The highest BCUT2D eigenvalue weighted by molar-refractivity contribution is 6.28. The van der Waals surface area contributed by atoms with Crippen molar-refractivity contribution in [2.24, 2.45) is 11.8 Å². The van der Waals surface area contributed by atoms with E-state index < -0.39 is 0 Å². The maximum atomic E-state index is 13.7. The molecule has 2 heteroatoms. The van der Waals surface area contributed by atoms with E-state index in [4.69, 9.17) is 11.6 Å². The van der Waals surface area contributed by atoms with E-state index in [9.17, 15) is 4.79 Å². The molecule has 0 heterocycles. The van der Waals surface area contributed by atoms with Crippen molar-refractivity contribution in [3.8, 4) is 11.1 Å². The molecule has 6 rings (SSSR count). The number of carbonyl (C=O) groups excluding carboxylic acids is 1. The molecule has 0 aliphatic heterocycles. The molecular formula is C24H23ClO. The van der Waals surface area contributed by atoms with Crippen molar-refractivity contribution in [3.05, 3.63) is 58.1 Å². The third-order valence-electron chi connectivity index (χ3n) is 7.78. The fourth-order valence-corrected chi connectivity index (χ4v) is 7.38. The third-order valence-corrected chi connectivity index (χ3v) is 8.52. The minimum atomic E-state index is -0.271. The van der Waals surface area contributed by atoms with Gasteiger partial charge in [0, 0.05) is 11.5 Å². The zero-order valence-corrected chi connectivity index (χ0v) is 15.9. The van der Waals surface area contributed by atoms with E-state index >= 15 is 0 Å². The number of halogens is 1. The summed E-state index contributed by atoms with van der Waals surface area (Å²) in [6.07, 6.45) is 6.55. The molecule has 0 N–H and O–H groups in total. The molecule has 1 nitrogen and oxygen atoms in total. The van der Waals surface area contributed by atoms with Crippen molar-refractivity contribution in [2.45, 2.75) is 56.2 Å². The SMILES string of the molecule is Cc1cc2c(c3c1[C@@H]1C[C@@H]4CCC[C@]4(Cl)[C@@H]1C3=O)CCc1ccccc1-2. The zero-order chi connectivity index (χ0) is 17.6. The Bertz CT molecular complexity index is 974. The van der Waals surface area contributed by atoms with E-state index in [1.54, 1.807) is 0 Å². The molecule has 0 aromatic heterocycles. The van der Waals surface area contributed by atoms with Crippen molar-refractivity contribution in [2.75, 3.05) is 0 Å². The average Bonchev–Trinajstić information content (AvgIpc) is 3.23. The number of alkyl halides is 1. The highest BCUT2D eigenvalue weighted by Gasteiger charge is 2.62. The first kappa shape index (κ1) is 15.5. The van der Waals surface area contributed by atoms with Crippen molar-refractivity contribution >= 4 is 17.4 Å². The van der Waals surface area contributed by atoms with Crippen LogP contribution in [-0.2, 0) is 12.8 Å². The quantitative estimate of drug-likeness (QED) is 0.538. The van der Waals surface area contributed by atoms with Gasteiger partial charge in [0.2, 0.25) is 0 Å². The molecule has 2 fully saturated rings. The fraction of sp³-hybridized carbons (Fsp3) is 0.458. The summed E-state index contributed by atoms with van der Waals surface area (Å²) in [5, 5.41) is 0. The zero-order valence-electron chi connectivity index (χ0n) is 15.1. The number of fused-ring (bicyclic) bond motifs is 9. The number of ketones is 1. The smallest absolute Gasteiger partial charge is 0.168 e. The molecular weight excluding hydrogens is 340 g/mol. The van der Waals surface area contributed by atoms with E-state index in [1.165, 1.54) is 46.2 Å². The molecule has 4 aliphatic rings. The molecule has 132 valence electrons. The number of aryl methyl sites for hydroxylation is 2. The van der Waals surface area contributed by atoms with Crippen LogP contribution in [0.1, 0.15) is 64.2 Å². The molecule has 0 unspecified atom stereocenters. The van der Waals surface area contributed by atoms with Crippen LogP contribution in [0.3, 0.4) is 0 Å². The van der Waals surface area contributed by atoms with Crippen LogP contribution in [0, 0.1) is 18.8 Å². The highest BCUT2D eigenvalue weighted by Crippen LogP contribution is 2.65. The van der Waals surface area contributed by atoms with Crippen LogP contribution < -0.4 is 0 Å². The highest BCUT2D eigenvalue weighted by atomic mass is 35.5. The molecule has 0 saturated heterocycles. The topological polar surface area (TPSA) is 17.1 Å². The molecule has 0 spiro atoms. The normalized spacial score (nSPS) is 33.5. The first-order valence-corrected chi connectivity index (χ1v) is 10.4. The van der Waals surface area contributed by atoms with Crippen LogP contribution in [0.25, 0.3) is 11.1 Å². The second-order valence-electron chi connectivity index (χ2n) is 8.87. The standard InChI is InChI=1S/C24H23ClO/c1-13-11-18-16-7-3-2-5-14(16)8-9-17(18)21-20(13)19-12-15-6-4-10-24(15,25)22(19)23(21)26/h2-3,5,7,11,15,19,22H,4,6,8-10,12H2,1H3/t15-,19-,22-,24+/m0/s1. The van der Waals surface area contributed by atoms with Crippen molar-refractivity contribution in [1.29, 1.82) is 0 Å². The second-order valence-corrected chi connectivity index (χ2v) is 9.57. The van der Waals surface area contributed by atoms with Gasteiger partial charge in [-0.25, -0.2) is 0 Å². The van der Waals surface area contributed by atoms with Crippen molar-refractivity contribution < 1.29 is 4.79 Å². The minimum Gasteiger partial charge on any atom is -0.294 e. The fourth-order valence-electron chi connectivity index (χ4n) is 6.80. The molecule has 2 aromatic carbocycles. The van der Waals surface area contributed by atoms with Gasteiger partial charge in [0.15, 0.2) is 5.78 Å². The monoisotopic (exact) mass is 362 g/mol. The van der Waals surface area contributed by atoms with E-state index in [0.29, 0.717) is 17.6 Å². The van der Waals surface area contributed by atoms with Crippen LogP contribution >= 0.6 is 11.6 Å². The summed E-state index contributed by atoms with van der Waals surface area (Å²) in [6.45, 7) is 2.21. The summed E-state index contributed by atoms with van der Waals surface area (Å²) in [5.41, 5.74) is 9.05. The number of hydrogen-bond acceptors (Lipinski definition) is 1. The molecule has 2 aromatic rings. The lowest BCUT2D eigenvalue weighted by molar-refractivity contribution is 0.0907. The van der Waals surface area contributed by atoms with Gasteiger partial charge >= 0.3 is 0 Å². The summed E-state index contributed by atoms with van der Waals surface area (Å²) < 4.78 is 0. The maximum Gasteiger partial charge on any atom is 0.168 e. The Labute approximate surface area is 159 Å². The first-order valence-electron chi connectivity index (χ1n) is 10.1. The second kappa shape index (κ2) is 5.01. The number of hydrogen-bond donors (Lipinski definition) is 0. The lowest BCUT2D eigenvalue weighted by Gasteiger charge is -2.27. The van der Waals surface area contributed by atoms with Crippen LogP contribution in [0.2, 0.25) is 0 Å². The molecule has 0 amide bonds. The van der Waals surface area contributed by atoms with Gasteiger partial charge in [0.1, 0.15) is 0 Å². The van der Waals surface area contributed by atoms with Gasteiger partial charge in [-0.1, -0.05) is 36.8 Å². The van der Waals surface area contributed by atoms with Crippen LogP contribution in [0.15, 0.2) is 30.3 Å². The van der Waals surface area contributed by atoms with Gasteiger partial charge in [-0.2, -0.15) is 0 Å². The summed E-state index contributed by atoms with van der Waals surface area (Å²) in [7, 11) is 0. The Morgan fingerprint density at radius 2 is 2.00 bits per heavy atom. The number of benzene rings is 2. The van der Waals surface area contributed by atoms with Gasteiger partial charge in [-0.05, 0) is 84.2 Å². The Hall–Kier alpha value is -1.60. The Morgan fingerprint density at radius 1 is 1.15 bits per heavy atom. The van der Waals surface area contributed by atoms with Crippen LogP contribution in [0.5, 0.6) is 0 Å². The van der Waals surface area contributed by atoms with Gasteiger partial charge < -0.3 is 0 Å². The number of rotatable bonds is 0. The molecule has 0 bridgehead atoms. The summed E-state index contributed by atoms with van der Waals surface area (Å²) in [4.78, 5) is 13.4. The minimum absolute atomic E-state index is 0.0223. The predicted octanol–water partition coefficient (Wildman–Crippen LogP) is 5.84. The molecule has 4 aliphatic carbocycles.